The van der Waals surface area contributed by atoms with Gasteiger partial charge in [-0.1, -0.05) is 24.8 Å². The van der Waals surface area contributed by atoms with Crippen molar-refractivity contribution in [1.29, 1.82) is 0 Å². The van der Waals surface area contributed by atoms with Crippen LogP contribution in [-0.2, 0) is 6.61 Å². The summed E-state index contributed by atoms with van der Waals surface area (Å²) >= 11 is 0. The lowest BCUT2D eigenvalue weighted by atomic mass is 10.00. The number of ether oxygens (including phenoxy) is 5. The average Bonchev–Trinajstić information content (AvgIpc) is 2.81. The summed E-state index contributed by atoms with van der Waals surface area (Å²) in [4.78, 5) is 4.23. The van der Waals surface area contributed by atoms with Crippen molar-refractivity contribution in [3.8, 4) is 29.0 Å². The van der Waals surface area contributed by atoms with Gasteiger partial charge >= 0.3 is 0 Å². The standard InChI is InChI=1S/C24H25NO5/c1-16(19-13-23(28-4)25-24(14-19)29-5)18-8-11-21(27-3)22(12-18)30-15-17-6-9-20(26-2)10-7-17/h6-14H,1,15H2,2-5H3. The molecule has 6 nitrogen and oxygen atoms in total. The summed E-state index contributed by atoms with van der Waals surface area (Å²) in [7, 11) is 6.38. The van der Waals surface area contributed by atoms with Crippen LogP contribution in [0.25, 0.3) is 5.57 Å². The minimum Gasteiger partial charge on any atom is -0.497 e. The van der Waals surface area contributed by atoms with Gasteiger partial charge in [0.2, 0.25) is 11.8 Å². The summed E-state index contributed by atoms with van der Waals surface area (Å²) < 4.78 is 27.2. The Morgan fingerprint density at radius 1 is 0.733 bits per heavy atom. The van der Waals surface area contributed by atoms with E-state index in [1.165, 1.54) is 0 Å². The second kappa shape index (κ2) is 9.69. The first-order valence-corrected chi connectivity index (χ1v) is 9.31. The van der Waals surface area contributed by atoms with Gasteiger partial charge in [0.25, 0.3) is 0 Å². The van der Waals surface area contributed by atoms with Crippen molar-refractivity contribution in [2.45, 2.75) is 6.61 Å². The lowest BCUT2D eigenvalue weighted by molar-refractivity contribution is 0.284. The largest absolute Gasteiger partial charge is 0.497 e. The summed E-state index contributed by atoms with van der Waals surface area (Å²) in [5.74, 6) is 2.98. The van der Waals surface area contributed by atoms with E-state index in [0.717, 1.165) is 28.0 Å². The lowest BCUT2D eigenvalue weighted by Crippen LogP contribution is -1.99. The molecule has 2 aromatic carbocycles. The number of nitrogens with zero attached hydrogens (tertiary/aromatic N) is 1. The predicted molar refractivity (Wildman–Crippen MR) is 116 cm³/mol. The van der Waals surface area contributed by atoms with Gasteiger partial charge in [0.15, 0.2) is 11.5 Å². The van der Waals surface area contributed by atoms with Crippen LogP contribution in [0.1, 0.15) is 16.7 Å². The third-order valence-electron chi connectivity index (χ3n) is 4.61. The molecule has 0 spiro atoms. The molecule has 0 N–H and O–H groups in total. The number of hydrogen-bond acceptors (Lipinski definition) is 6. The van der Waals surface area contributed by atoms with E-state index in [-0.39, 0.29) is 0 Å². The molecule has 3 rings (SSSR count). The monoisotopic (exact) mass is 407 g/mol. The van der Waals surface area contributed by atoms with E-state index in [2.05, 4.69) is 11.6 Å². The molecule has 0 bridgehead atoms. The van der Waals surface area contributed by atoms with Gasteiger partial charge in [-0.25, -0.2) is 0 Å². The van der Waals surface area contributed by atoms with Crippen molar-refractivity contribution in [2.24, 2.45) is 0 Å². The van der Waals surface area contributed by atoms with Crippen LogP contribution in [-0.4, -0.2) is 33.4 Å². The Morgan fingerprint density at radius 2 is 1.40 bits per heavy atom. The third kappa shape index (κ3) is 4.84. The number of pyridine rings is 1. The molecule has 156 valence electrons. The van der Waals surface area contributed by atoms with Gasteiger partial charge in [-0.15, -0.1) is 0 Å². The second-order valence-electron chi connectivity index (χ2n) is 6.42. The molecule has 1 heterocycles. The van der Waals surface area contributed by atoms with E-state index >= 15 is 0 Å². The van der Waals surface area contributed by atoms with E-state index in [1.54, 1.807) is 28.4 Å². The zero-order chi connectivity index (χ0) is 21.5. The Labute approximate surface area is 176 Å². The summed E-state index contributed by atoms with van der Waals surface area (Å²) in [6.45, 7) is 4.63. The molecule has 0 aliphatic heterocycles. The number of aromatic nitrogens is 1. The van der Waals surface area contributed by atoms with Crippen LogP contribution >= 0.6 is 0 Å². The van der Waals surface area contributed by atoms with Gasteiger partial charge in [0, 0.05) is 12.1 Å². The molecular weight excluding hydrogens is 382 g/mol. The van der Waals surface area contributed by atoms with Gasteiger partial charge in [-0.05, 0) is 46.5 Å². The summed E-state index contributed by atoms with van der Waals surface area (Å²) in [6, 6.07) is 17.0. The SMILES string of the molecule is C=C(c1cc(OC)nc(OC)c1)c1ccc(OC)c(OCc2ccc(OC)cc2)c1. The fourth-order valence-corrected chi connectivity index (χ4v) is 2.89. The number of rotatable bonds is 9. The van der Waals surface area contributed by atoms with E-state index in [0.29, 0.717) is 29.9 Å². The van der Waals surface area contributed by atoms with Crippen LogP contribution in [0.4, 0.5) is 0 Å². The molecule has 3 aromatic rings. The molecule has 0 saturated heterocycles. The van der Waals surface area contributed by atoms with Gasteiger partial charge in [-0.3, -0.25) is 0 Å². The molecule has 0 saturated carbocycles. The molecule has 1 aromatic heterocycles. The molecule has 0 fully saturated rings. The highest BCUT2D eigenvalue weighted by Crippen LogP contribution is 2.34. The normalized spacial score (nSPS) is 10.3. The summed E-state index contributed by atoms with van der Waals surface area (Å²) in [5, 5.41) is 0. The minimum atomic E-state index is 0.396. The van der Waals surface area contributed by atoms with E-state index < -0.39 is 0 Å². The van der Waals surface area contributed by atoms with Crippen molar-refractivity contribution >= 4 is 5.57 Å². The molecule has 0 atom stereocenters. The van der Waals surface area contributed by atoms with Crippen LogP contribution in [0.5, 0.6) is 29.0 Å². The highest BCUT2D eigenvalue weighted by atomic mass is 16.5. The Balaban J connectivity index is 1.85. The van der Waals surface area contributed by atoms with Crippen molar-refractivity contribution in [2.75, 3.05) is 28.4 Å². The first kappa shape index (κ1) is 21.0. The van der Waals surface area contributed by atoms with E-state index in [9.17, 15) is 0 Å². The van der Waals surface area contributed by atoms with Crippen molar-refractivity contribution in [3.63, 3.8) is 0 Å². The Hall–Kier alpha value is -3.67. The number of benzene rings is 2. The fraction of sp³-hybridized carbons (Fsp3) is 0.208. The van der Waals surface area contributed by atoms with Crippen molar-refractivity contribution < 1.29 is 23.7 Å². The van der Waals surface area contributed by atoms with E-state index in [4.69, 9.17) is 23.7 Å². The number of methoxy groups -OCH3 is 4. The minimum absolute atomic E-state index is 0.396. The second-order valence-corrected chi connectivity index (χ2v) is 6.42. The summed E-state index contributed by atoms with van der Waals surface area (Å²) in [5.41, 5.74) is 3.53. The Bertz CT molecular complexity index is 992. The number of hydrogen-bond donors (Lipinski definition) is 0. The fourth-order valence-electron chi connectivity index (χ4n) is 2.89. The van der Waals surface area contributed by atoms with Crippen LogP contribution in [0.2, 0.25) is 0 Å². The molecule has 30 heavy (non-hydrogen) atoms. The van der Waals surface area contributed by atoms with Gasteiger partial charge in [0.05, 0.1) is 28.4 Å². The molecule has 0 aliphatic rings. The van der Waals surface area contributed by atoms with Gasteiger partial charge in [0.1, 0.15) is 12.4 Å². The van der Waals surface area contributed by atoms with Crippen LogP contribution in [0.3, 0.4) is 0 Å². The predicted octanol–water partition coefficient (Wildman–Crippen LogP) is 4.76. The molecule has 0 radical (unpaired) electrons. The maximum Gasteiger partial charge on any atom is 0.216 e. The zero-order valence-corrected chi connectivity index (χ0v) is 17.6. The molecule has 6 heteroatoms. The highest BCUT2D eigenvalue weighted by Gasteiger charge is 2.12. The topological polar surface area (TPSA) is 59.0 Å². The molecule has 0 aliphatic carbocycles. The Morgan fingerprint density at radius 3 is 1.97 bits per heavy atom. The van der Waals surface area contributed by atoms with E-state index in [1.807, 2.05) is 54.6 Å². The maximum absolute atomic E-state index is 6.04. The Kier molecular flexibility index (Phi) is 6.80. The molecule has 0 unspecified atom stereocenters. The quantitative estimate of drug-likeness (QED) is 0.510. The average molecular weight is 407 g/mol. The highest BCUT2D eigenvalue weighted by molar-refractivity contribution is 5.80. The lowest BCUT2D eigenvalue weighted by Gasteiger charge is -2.15. The maximum atomic E-state index is 6.04. The first-order valence-electron chi connectivity index (χ1n) is 9.31. The van der Waals surface area contributed by atoms with Crippen LogP contribution in [0.15, 0.2) is 61.2 Å². The van der Waals surface area contributed by atoms with Crippen LogP contribution < -0.4 is 23.7 Å². The first-order chi connectivity index (χ1) is 14.6. The smallest absolute Gasteiger partial charge is 0.216 e. The third-order valence-corrected chi connectivity index (χ3v) is 4.61. The van der Waals surface area contributed by atoms with Crippen molar-refractivity contribution in [3.05, 3.63) is 77.9 Å². The molecule has 0 amide bonds. The molecular formula is C24H25NO5. The van der Waals surface area contributed by atoms with Gasteiger partial charge < -0.3 is 23.7 Å². The van der Waals surface area contributed by atoms with Gasteiger partial charge in [-0.2, -0.15) is 4.98 Å². The summed E-state index contributed by atoms with van der Waals surface area (Å²) in [6.07, 6.45) is 0. The zero-order valence-electron chi connectivity index (χ0n) is 17.6. The van der Waals surface area contributed by atoms with Crippen molar-refractivity contribution in [1.82, 2.24) is 4.98 Å². The van der Waals surface area contributed by atoms with Crippen LogP contribution in [0, 0.1) is 0 Å².